The van der Waals surface area contributed by atoms with Gasteiger partial charge in [-0.1, -0.05) is 39.0 Å². The molecule has 0 radical (unpaired) electrons. The molecule has 1 N–H and O–H groups in total. The molecule has 0 aliphatic carbocycles. The first kappa shape index (κ1) is 21.1. The van der Waals surface area contributed by atoms with Crippen LogP contribution in [0.5, 0.6) is 0 Å². The SMILES string of the molecule is CCN(CC(=O)Nc1c(C)cccc1C(C)C)S(=O)(=O)c1ccc(F)cc1. The van der Waals surface area contributed by atoms with Crippen LogP contribution in [0.15, 0.2) is 47.4 Å². The van der Waals surface area contributed by atoms with Crippen LogP contribution in [0.25, 0.3) is 0 Å². The average molecular weight is 392 g/mol. The van der Waals surface area contributed by atoms with Crippen molar-refractivity contribution in [1.82, 2.24) is 4.31 Å². The van der Waals surface area contributed by atoms with E-state index in [9.17, 15) is 17.6 Å². The number of benzene rings is 2. The number of carbonyl (C=O) groups excluding carboxylic acids is 1. The Labute approximate surface area is 160 Å². The summed E-state index contributed by atoms with van der Waals surface area (Å²) >= 11 is 0. The highest BCUT2D eigenvalue weighted by Crippen LogP contribution is 2.27. The van der Waals surface area contributed by atoms with Gasteiger partial charge in [0.1, 0.15) is 5.82 Å². The van der Waals surface area contributed by atoms with E-state index >= 15 is 0 Å². The maximum absolute atomic E-state index is 13.1. The Hall–Kier alpha value is -2.25. The highest BCUT2D eigenvalue weighted by molar-refractivity contribution is 7.89. The van der Waals surface area contributed by atoms with Crippen LogP contribution in [-0.2, 0) is 14.8 Å². The number of amides is 1. The van der Waals surface area contributed by atoms with Gasteiger partial charge in [-0.2, -0.15) is 4.31 Å². The zero-order chi connectivity index (χ0) is 20.2. The van der Waals surface area contributed by atoms with E-state index in [-0.39, 0.29) is 23.9 Å². The second kappa shape index (κ2) is 8.63. The molecule has 0 aliphatic rings. The molecule has 0 atom stereocenters. The number of sulfonamides is 1. The van der Waals surface area contributed by atoms with Crippen LogP contribution in [0, 0.1) is 12.7 Å². The minimum Gasteiger partial charge on any atom is -0.324 e. The maximum Gasteiger partial charge on any atom is 0.243 e. The molecule has 5 nitrogen and oxygen atoms in total. The Morgan fingerprint density at radius 2 is 1.78 bits per heavy atom. The minimum atomic E-state index is -3.89. The average Bonchev–Trinajstić information content (AvgIpc) is 2.61. The molecule has 0 bridgehead atoms. The fourth-order valence-electron chi connectivity index (χ4n) is 2.80. The molecule has 2 rings (SSSR count). The molecule has 27 heavy (non-hydrogen) atoms. The van der Waals surface area contributed by atoms with E-state index in [1.165, 1.54) is 12.1 Å². The van der Waals surface area contributed by atoms with Gasteiger partial charge < -0.3 is 5.32 Å². The van der Waals surface area contributed by atoms with Crippen molar-refractivity contribution in [3.8, 4) is 0 Å². The van der Waals surface area contributed by atoms with E-state index in [0.29, 0.717) is 5.69 Å². The van der Waals surface area contributed by atoms with Crippen molar-refractivity contribution in [3.05, 3.63) is 59.4 Å². The van der Waals surface area contributed by atoms with E-state index < -0.39 is 21.7 Å². The van der Waals surface area contributed by atoms with Crippen molar-refractivity contribution < 1.29 is 17.6 Å². The van der Waals surface area contributed by atoms with Gasteiger partial charge in [-0.05, 0) is 48.2 Å². The van der Waals surface area contributed by atoms with Gasteiger partial charge in [0.25, 0.3) is 0 Å². The van der Waals surface area contributed by atoms with Crippen LogP contribution < -0.4 is 5.32 Å². The molecule has 2 aromatic carbocycles. The third-order valence-corrected chi connectivity index (χ3v) is 6.25. The third-order valence-electron chi connectivity index (χ3n) is 4.32. The summed E-state index contributed by atoms with van der Waals surface area (Å²) in [6, 6.07) is 10.3. The van der Waals surface area contributed by atoms with Crippen LogP contribution in [0.4, 0.5) is 10.1 Å². The predicted molar refractivity (Wildman–Crippen MR) is 105 cm³/mol. The van der Waals surface area contributed by atoms with Crippen LogP contribution >= 0.6 is 0 Å². The number of carbonyl (C=O) groups is 1. The first-order valence-electron chi connectivity index (χ1n) is 8.82. The van der Waals surface area contributed by atoms with Gasteiger partial charge in [-0.3, -0.25) is 4.79 Å². The summed E-state index contributed by atoms with van der Waals surface area (Å²) in [5.74, 6) is -0.723. The molecule has 2 aromatic rings. The van der Waals surface area contributed by atoms with Crippen LogP contribution in [0.1, 0.15) is 37.8 Å². The molecular weight excluding hydrogens is 367 g/mol. The Bertz CT molecular complexity index is 909. The molecule has 0 heterocycles. The minimum absolute atomic E-state index is 0.0442. The summed E-state index contributed by atoms with van der Waals surface area (Å²) < 4.78 is 39.6. The Morgan fingerprint density at radius 1 is 1.15 bits per heavy atom. The molecule has 0 aliphatic heterocycles. The van der Waals surface area contributed by atoms with Crippen molar-refractivity contribution in [3.63, 3.8) is 0 Å². The molecule has 146 valence electrons. The topological polar surface area (TPSA) is 66.5 Å². The molecule has 0 spiro atoms. The van der Waals surface area contributed by atoms with Crippen molar-refractivity contribution in [2.24, 2.45) is 0 Å². The van der Waals surface area contributed by atoms with Crippen molar-refractivity contribution in [2.45, 2.75) is 38.5 Å². The predicted octanol–water partition coefficient (Wildman–Crippen LogP) is 3.91. The first-order chi connectivity index (χ1) is 12.7. The highest BCUT2D eigenvalue weighted by atomic mass is 32.2. The number of para-hydroxylation sites is 1. The van der Waals surface area contributed by atoms with E-state index in [4.69, 9.17) is 0 Å². The number of aryl methyl sites for hydroxylation is 1. The lowest BCUT2D eigenvalue weighted by Gasteiger charge is -2.21. The second-order valence-corrected chi connectivity index (χ2v) is 8.57. The molecule has 0 saturated heterocycles. The number of halogens is 1. The summed E-state index contributed by atoms with van der Waals surface area (Å²) in [5.41, 5.74) is 2.62. The molecule has 0 saturated carbocycles. The number of nitrogens with zero attached hydrogens (tertiary/aromatic N) is 1. The maximum atomic E-state index is 13.1. The fourth-order valence-corrected chi connectivity index (χ4v) is 4.21. The summed E-state index contributed by atoms with van der Waals surface area (Å²) in [6.07, 6.45) is 0. The van der Waals surface area contributed by atoms with Crippen LogP contribution in [-0.4, -0.2) is 31.7 Å². The monoisotopic (exact) mass is 392 g/mol. The van der Waals surface area contributed by atoms with Gasteiger partial charge >= 0.3 is 0 Å². The Balaban J connectivity index is 2.22. The van der Waals surface area contributed by atoms with Crippen molar-refractivity contribution in [2.75, 3.05) is 18.4 Å². The number of rotatable bonds is 7. The number of nitrogens with one attached hydrogen (secondary N) is 1. The Kier molecular flexibility index (Phi) is 6.73. The molecule has 1 amide bonds. The summed E-state index contributed by atoms with van der Waals surface area (Å²) in [4.78, 5) is 12.5. The van der Waals surface area contributed by atoms with Crippen LogP contribution in [0.2, 0.25) is 0 Å². The van der Waals surface area contributed by atoms with Gasteiger partial charge in [0.05, 0.1) is 11.4 Å². The third kappa shape index (κ3) is 4.93. The second-order valence-electron chi connectivity index (χ2n) is 6.63. The first-order valence-corrected chi connectivity index (χ1v) is 10.3. The molecular formula is C20H25FN2O3S. The molecule has 0 aromatic heterocycles. The van der Waals surface area contributed by atoms with E-state index in [2.05, 4.69) is 5.32 Å². The number of hydrogen-bond donors (Lipinski definition) is 1. The lowest BCUT2D eigenvalue weighted by atomic mass is 9.98. The van der Waals surface area contributed by atoms with Crippen molar-refractivity contribution >= 4 is 21.6 Å². The lowest BCUT2D eigenvalue weighted by molar-refractivity contribution is -0.116. The van der Waals surface area contributed by atoms with E-state index in [1.54, 1.807) is 6.92 Å². The van der Waals surface area contributed by atoms with E-state index in [1.807, 2.05) is 39.0 Å². The smallest absolute Gasteiger partial charge is 0.243 e. The zero-order valence-electron chi connectivity index (χ0n) is 16.0. The van der Waals surface area contributed by atoms with E-state index in [0.717, 1.165) is 27.6 Å². The quantitative estimate of drug-likeness (QED) is 0.777. The van der Waals surface area contributed by atoms with Gasteiger partial charge in [-0.25, -0.2) is 12.8 Å². The number of anilines is 1. The summed E-state index contributed by atoms with van der Waals surface area (Å²) in [5, 5.41) is 2.85. The largest absolute Gasteiger partial charge is 0.324 e. The normalized spacial score (nSPS) is 11.8. The Morgan fingerprint density at radius 3 is 2.33 bits per heavy atom. The summed E-state index contributed by atoms with van der Waals surface area (Å²) in [7, 11) is -3.89. The number of likely N-dealkylation sites (N-methyl/N-ethyl adjacent to an activating group) is 1. The van der Waals surface area contributed by atoms with Gasteiger partial charge in [0.15, 0.2) is 0 Å². The van der Waals surface area contributed by atoms with Gasteiger partial charge in [-0.15, -0.1) is 0 Å². The van der Waals surface area contributed by atoms with Crippen molar-refractivity contribution in [1.29, 1.82) is 0 Å². The summed E-state index contributed by atoms with van der Waals surface area (Å²) in [6.45, 7) is 7.42. The fraction of sp³-hybridized carbons (Fsp3) is 0.350. The lowest BCUT2D eigenvalue weighted by Crippen LogP contribution is -2.38. The van der Waals surface area contributed by atoms with Gasteiger partial charge in [0, 0.05) is 12.2 Å². The molecule has 0 unspecified atom stereocenters. The molecule has 0 fully saturated rings. The zero-order valence-corrected chi connectivity index (χ0v) is 16.8. The van der Waals surface area contributed by atoms with Crippen LogP contribution in [0.3, 0.4) is 0 Å². The number of hydrogen-bond acceptors (Lipinski definition) is 3. The standard InChI is InChI=1S/C20H25FN2O3S/c1-5-23(27(25,26)17-11-9-16(21)10-12-17)13-19(24)22-20-15(4)7-6-8-18(20)14(2)3/h6-12,14H,5,13H2,1-4H3,(H,22,24). The van der Waals surface area contributed by atoms with Gasteiger partial charge in [0.2, 0.25) is 15.9 Å². The highest BCUT2D eigenvalue weighted by Gasteiger charge is 2.25. The molecule has 7 heteroatoms.